The van der Waals surface area contributed by atoms with Crippen LogP contribution in [0.1, 0.15) is 69.1 Å². The summed E-state index contributed by atoms with van der Waals surface area (Å²) in [7, 11) is 0. The number of aliphatic hydroxyl groups excluding tert-OH is 1. The van der Waals surface area contributed by atoms with Crippen molar-refractivity contribution < 1.29 is 14.6 Å². The highest BCUT2D eigenvalue weighted by Gasteiger charge is 2.65. The van der Waals surface area contributed by atoms with Crippen LogP contribution in [0.5, 0.6) is 0 Å². The molecule has 3 saturated carbocycles. The molecule has 0 saturated heterocycles. The SMILES string of the molecule is C[C@]12CCc3occc3[C@@H]1CC[C@@]13C[C@@H](CC[C@@H]12)[C@](O)(CO)C3. The van der Waals surface area contributed by atoms with Crippen molar-refractivity contribution in [2.75, 3.05) is 6.61 Å². The van der Waals surface area contributed by atoms with E-state index in [1.807, 2.05) is 6.26 Å². The van der Waals surface area contributed by atoms with E-state index in [-0.39, 0.29) is 12.0 Å². The zero-order valence-electron chi connectivity index (χ0n) is 14.1. The molecule has 0 radical (unpaired) electrons. The van der Waals surface area contributed by atoms with Gasteiger partial charge in [-0.3, -0.25) is 0 Å². The Balaban J connectivity index is 1.56. The molecule has 0 amide bonds. The van der Waals surface area contributed by atoms with Crippen molar-refractivity contribution in [3.05, 3.63) is 23.7 Å². The van der Waals surface area contributed by atoms with Gasteiger partial charge in [0.1, 0.15) is 5.76 Å². The van der Waals surface area contributed by atoms with Crippen LogP contribution in [-0.2, 0) is 6.42 Å². The summed E-state index contributed by atoms with van der Waals surface area (Å²) in [4.78, 5) is 0. The van der Waals surface area contributed by atoms with Crippen molar-refractivity contribution in [1.82, 2.24) is 0 Å². The first kappa shape index (κ1) is 14.5. The topological polar surface area (TPSA) is 53.6 Å². The molecule has 6 atom stereocenters. The third-order valence-electron chi connectivity index (χ3n) is 8.46. The van der Waals surface area contributed by atoms with Crippen LogP contribution in [0.15, 0.2) is 16.7 Å². The molecule has 3 heteroatoms. The van der Waals surface area contributed by atoms with Crippen LogP contribution in [0.3, 0.4) is 0 Å². The van der Waals surface area contributed by atoms with Gasteiger partial charge in [0.25, 0.3) is 0 Å². The molecule has 1 heterocycles. The molecule has 0 aromatic carbocycles. The normalized spacial score (nSPS) is 51.0. The van der Waals surface area contributed by atoms with E-state index < -0.39 is 5.60 Å². The molecular weight excluding hydrogens is 288 g/mol. The van der Waals surface area contributed by atoms with Gasteiger partial charge in [0.2, 0.25) is 0 Å². The van der Waals surface area contributed by atoms with Crippen LogP contribution in [0, 0.1) is 22.7 Å². The molecule has 1 spiro atoms. The lowest BCUT2D eigenvalue weighted by Crippen LogP contribution is -2.51. The maximum absolute atomic E-state index is 10.9. The maximum Gasteiger partial charge on any atom is 0.107 e. The first-order valence-corrected chi connectivity index (χ1v) is 9.40. The van der Waals surface area contributed by atoms with Crippen LogP contribution in [-0.4, -0.2) is 22.4 Å². The number of aryl methyl sites for hydroxylation is 1. The lowest BCUT2D eigenvalue weighted by atomic mass is 9.45. The Hall–Kier alpha value is -0.800. The predicted molar refractivity (Wildman–Crippen MR) is 87.0 cm³/mol. The maximum atomic E-state index is 10.9. The minimum atomic E-state index is -0.812. The smallest absolute Gasteiger partial charge is 0.107 e. The average Bonchev–Trinajstić information content (AvgIpc) is 3.09. The minimum Gasteiger partial charge on any atom is -0.469 e. The number of rotatable bonds is 1. The van der Waals surface area contributed by atoms with Gasteiger partial charge >= 0.3 is 0 Å². The fraction of sp³-hybridized carbons (Fsp3) is 0.800. The van der Waals surface area contributed by atoms with Gasteiger partial charge in [-0.05, 0) is 85.2 Å². The summed E-state index contributed by atoms with van der Waals surface area (Å²) in [5.41, 5.74) is 1.26. The molecule has 3 fully saturated rings. The van der Waals surface area contributed by atoms with Crippen LogP contribution >= 0.6 is 0 Å². The number of aliphatic hydroxyl groups is 2. The zero-order chi connectivity index (χ0) is 15.9. The van der Waals surface area contributed by atoms with E-state index >= 15 is 0 Å². The molecule has 2 bridgehead atoms. The quantitative estimate of drug-likeness (QED) is 0.831. The van der Waals surface area contributed by atoms with Gasteiger partial charge in [0.05, 0.1) is 18.5 Å². The molecule has 126 valence electrons. The Morgan fingerprint density at radius 3 is 2.96 bits per heavy atom. The van der Waals surface area contributed by atoms with Crippen LogP contribution < -0.4 is 0 Å². The zero-order valence-corrected chi connectivity index (χ0v) is 14.1. The average molecular weight is 316 g/mol. The van der Waals surface area contributed by atoms with E-state index in [9.17, 15) is 10.2 Å². The van der Waals surface area contributed by atoms with Crippen LogP contribution in [0.2, 0.25) is 0 Å². The number of hydrogen-bond donors (Lipinski definition) is 2. The van der Waals surface area contributed by atoms with E-state index in [1.165, 1.54) is 37.0 Å². The molecule has 5 rings (SSSR count). The van der Waals surface area contributed by atoms with E-state index in [1.54, 1.807) is 0 Å². The summed E-state index contributed by atoms with van der Waals surface area (Å²) in [5.74, 6) is 2.85. The molecule has 23 heavy (non-hydrogen) atoms. The first-order chi connectivity index (χ1) is 11.0. The second-order valence-electron chi connectivity index (χ2n) is 9.23. The summed E-state index contributed by atoms with van der Waals surface area (Å²) in [6.07, 6.45) is 10.9. The Morgan fingerprint density at radius 1 is 1.26 bits per heavy atom. The molecule has 3 nitrogen and oxygen atoms in total. The van der Waals surface area contributed by atoms with Gasteiger partial charge in [-0.25, -0.2) is 0 Å². The van der Waals surface area contributed by atoms with Gasteiger partial charge in [-0.2, -0.15) is 0 Å². The van der Waals surface area contributed by atoms with E-state index in [0.29, 0.717) is 23.2 Å². The van der Waals surface area contributed by atoms with Gasteiger partial charge in [-0.15, -0.1) is 0 Å². The number of fused-ring (bicyclic) bond motifs is 5. The number of furan rings is 1. The summed E-state index contributed by atoms with van der Waals surface area (Å²) < 4.78 is 5.72. The third-order valence-corrected chi connectivity index (χ3v) is 8.46. The van der Waals surface area contributed by atoms with Crippen molar-refractivity contribution in [3.8, 4) is 0 Å². The Bertz CT molecular complexity index is 637. The fourth-order valence-corrected chi connectivity index (χ4v) is 7.51. The fourth-order valence-electron chi connectivity index (χ4n) is 7.51. The molecule has 4 aliphatic rings. The highest BCUT2D eigenvalue weighted by molar-refractivity contribution is 5.31. The van der Waals surface area contributed by atoms with E-state index in [0.717, 1.165) is 25.7 Å². The van der Waals surface area contributed by atoms with Crippen LogP contribution in [0.25, 0.3) is 0 Å². The summed E-state index contributed by atoms with van der Waals surface area (Å²) in [6.45, 7) is 2.45. The highest BCUT2D eigenvalue weighted by Crippen LogP contribution is 2.71. The second kappa shape index (κ2) is 4.43. The predicted octanol–water partition coefficient (Wildman–Crippen LogP) is 3.64. The van der Waals surface area contributed by atoms with Gasteiger partial charge < -0.3 is 14.6 Å². The minimum absolute atomic E-state index is 0.0574. The summed E-state index contributed by atoms with van der Waals surface area (Å²) in [5, 5.41) is 20.7. The Morgan fingerprint density at radius 2 is 2.13 bits per heavy atom. The molecule has 0 unspecified atom stereocenters. The van der Waals surface area contributed by atoms with Crippen LogP contribution in [0.4, 0.5) is 0 Å². The Kier molecular flexibility index (Phi) is 2.80. The standard InChI is InChI=1S/C20H28O3/c1-18-7-5-16-14(6-9-23-16)15(18)4-8-19-10-13(2-3-17(18)19)20(22,11-19)12-21/h6,9,13,15,17,21-22H,2-5,7-8,10-12H2,1H3/t13-,15+,17-,18+,19+,20-/m1/s1. The van der Waals surface area contributed by atoms with Crippen molar-refractivity contribution in [3.63, 3.8) is 0 Å². The van der Waals surface area contributed by atoms with Gasteiger partial charge in [0, 0.05) is 6.42 Å². The van der Waals surface area contributed by atoms with Crippen molar-refractivity contribution in [2.24, 2.45) is 22.7 Å². The molecule has 1 aromatic heterocycles. The first-order valence-electron chi connectivity index (χ1n) is 9.40. The summed E-state index contributed by atoms with van der Waals surface area (Å²) in [6, 6.07) is 2.21. The molecule has 1 aromatic rings. The second-order valence-corrected chi connectivity index (χ2v) is 9.23. The molecule has 4 aliphatic carbocycles. The van der Waals surface area contributed by atoms with E-state index in [2.05, 4.69) is 13.0 Å². The largest absolute Gasteiger partial charge is 0.469 e. The van der Waals surface area contributed by atoms with Crippen molar-refractivity contribution in [2.45, 2.75) is 69.8 Å². The lowest BCUT2D eigenvalue weighted by Gasteiger charge is -2.59. The molecular formula is C20H28O3. The monoisotopic (exact) mass is 316 g/mol. The van der Waals surface area contributed by atoms with E-state index in [4.69, 9.17) is 4.42 Å². The lowest BCUT2D eigenvalue weighted by molar-refractivity contribution is -0.0727. The summed E-state index contributed by atoms with van der Waals surface area (Å²) >= 11 is 0. The number of hydrogen-bond acceptors (Lipinski definition) is 3. The van der Waals surface area contributed by atoms with Gasteiger partial charge in [0.15, 0.2) is 0 Å². The van der Waals surface area contributed by atoms with Crippen molar-refractivity contribution >= 4 is 0 Å². The highest BCUT2D eigenvalue weighted by atomic mass is 16.3. The third kappa shape index (κ3) is 1.68. The van der Waals surface area contributed by atoms with Crippen molar-refractivity contribution in [1.29, 1.82) is 0 Å². The van der Waals surface area contributed by atoms with Gasteiger partial charge in [-0.1, -0.05) is 6.92 Å². The Labute approximate surface area is 138 Å². The molecule has 0 aliphatic heterocycles. The molecule has 2 N–H and O–H groups in total.